The zero-order chi connectivity index (χ0) is 46.4. The SMILES string of the molecule is CCCCCCCCc1cc(CCCCCC)cc(-c2cc(-c3cc(C)cc(CCCCCC)c3)cc(N3c4ccc(C(C)(CC)CC)cc4Oc4cc(C(C)(CC)CC)ccc43)c2)c1. The van der Waals surface area contributed by atoms with Gasteiger partial charge in [-0.05, 0) is 174 Å². The molecule has 0 bridgehead atoms. The lowest BCUT2D eigenvalue weighted by Gasteiger charge is -2.36. The summed E-state index contributed by atoms with van der Waals surface area (Å²) in [5.41, 5.74) is 17.2. The predicted molar refractivity (Wildman–Crippen MR) is 285 cm³/mol. The van der Waals surface area contributed by atoms with Gasteiger partial charge in [-0.3, -0.25) is 0 Å². The van der Waals surface area contributed by atoms with E-state index in [2.05, 4.69) is 165 Å². The van der Waals surface area contributed by atoms with Crippen molar-refractivity contribution in [3.63, 3.8) is 0 Å². The maximum absolute atomic E-state index is 7.11. The van der Waals surface area contributed by atoms with Crippen LogP contribution < -0.4 is 9.64 Å². The molecule has 1 aliphatic rings. The molecule has 5 aromatic carbocycles. The van der Waals surface area contributed by atoms with Crippen molar-refractivity contribution in [1.29, 1.82) is 0 Å². The lowest BCUT2D eigenvalue weighted by atomic mass is 9.77. The second kappa shape index (κ2) is 23.9. The Bertz CT molecular complexity index is 2200. The fraction of sp³-hybridized carbons (Fsp3) is 0.524. The summed E-state index contributed by atoms with van der Waals surface area (Å²) in [6.45, 7) is 23.3. The predicted octanol–water partition coefficient (Wildman–Crippen LogP) is 20.2. The number of fused-ring (bicyclic) bond motifs is 2. The molecule has 0 aromatic heterocycles. The Morgan fingerprint density at radius 1 is 0.400 bits per heavy atom. The number of nitrogens with zero attached hydrogens (tertiary/aromatic N) is 1. The monoisotopic (exact) mass is 874 g/mol. The summed E-state index contributed by atoms with van der Waals surface area (Å²) < 4.78 is 7.11. The van der Waals surface area contributed by atoms with Crippen LogP contribution in [0.4, 0.5) is 17.1 Å². The van der Waals surface area contributed by atoms with Gasteiger partial charge in [-0.1, -0.05) is 187 Å². The van der Waals surface area contributed by atoms with Crippen molar-refractivity contribution in [3.8, 4) is 33.8 Å². The quantitative estimate of drug-likeness (QED) is 0.0504. The Morgan fingerprint density at radius 2 is 0.785 bits per heavy atom. The first kappa shape index (κ1) is 50.1. The molecule has 1 aliphatic heterocycles. The van der Waals surface area contributed by atoms with E-state index >= 15 is 0 Å². The van der Waals surface area contributed by atoms with Gasteiger partial charge in [0, 0.05) is 5.69 Å². The number of hydrogen-bond acceptors (Lipinski definition) is 2. The van der Waals surface area contributed by atoms with Crippen molar-refractivity contribution in [3.05, 3.63) is 124 Å². The molecule has 1 heterocycles. The third-order valence-electron chi connectivity index (χ3n) is 15.6. The number of hydrogen-bond donors (Lipinski definition) is 0. The van der Waals surface area contributed by atoms with Crippen LogP contribution in [0.15, 0.2) is 91.0 Å². The summed E-state index contributed by atoms with van der Waals surface area (Å²) in [6.07, 6.45) is 25.9. The van der Waals surface area contributed by atoms with Crippen molar-refractivity contribution in [1.82, 2.24) is 0 Å². The molecule has 0 spiro atoms. The molecule has 0 N–H and O–H groups in total. The first-order valence-corrected chi connectivity index (χ1v) is 26.7. The largest absolute Gasteiger partial charge is 0.453 e. The maximum atomic E-state index is 7.11. The van der Waals surface area contributed by atoms with Gasteiger partial charge in [-0.15, -0.1) is 0 Å². The summed E-state index contributed by atoms with van der Waals surface area (Å²) in [6, 6.07) is 36.5. The van der Waals surface area contributed by atoms with Crippen molar-refractivity contribution in [2.75, 3.05) is 4.90 Å². The van der Waals surface area contributed by atoms with Crippen LogP contribution in [0.25, 0.3) is 22.3 Å². The van der Waals surface area contributed by atoms with Gasteiger partial charge >= 0.3 is 0 Å². The van der Waals surface area contributed by atoms with Gasteiger partial charge < -0.3 is 9.64 Å². The van der Waals surface area contributed by atoms with Crippen molar-refractivity contribution in [2.24, 2.45) is 0 Å². The average Bonchev–Trinajstić information content (AvgIpc) is 3.33. The topological polar surface area (TPSA) is 12.5 Å². The zero-order valence-electron chi connectivity index (χ0n) is 42.9. The molecule has 5 aromatic rings. The highest BCUT2D eigenvalue weighted by molar-refractivity contribution is 5.90. The minimum absolute atomic E-state index is 0.0790. The zero-order valence-corrected chi connectivity index (χ0v) is 42.9. The molecule has 2 heteroatoms. The molecule has 6 rings (SSSR count). The van der Waals surface area contributed by atoms with E-state index in [1.165, 1.54) is 151 Å². The second-order valence-corrected chi connectivity index (χ2v) is 20.5. The molecular formula is C63H87NO. The van der Waals surface area contributed by atoms with E-state index in [9.17, 15) is 0 Å². The molecule has 0 saturated heterocycles. The van der Waals surface area contributed by atoms with Gasteiger partial charge in [0.25, 0.3) is 0 Å². The van der Waals surface area contributed by atoms with E-state index < -0.39 is 0 Å². The maximum Gasteiger partial charge on any atom is 0.151 e. The fourth-order valence-electron chi connectivity index (χ4n) is 10.2. The smallest absolute Gasteiger partial charge is 0.151 e. The third kappa shape index (κ3) is 12.6. The molecule has 0 aliphatic carbocycles. The van der Waals surface area contributed by atoms with Gasteiger partial charge in [0.15, 0.2) is 11.5 Å². The summed E-state index contributed by atoms with van der Waals surface area (Å²) in [5.74, 6) is 1.89. The lowest BCUT2D eigenvalue weighted by Crippen LogP contribution is -2.22. The minimum Gasteiger partial charge on any atom is -0.453 e. The molecule has 0 fully saturated rings. The normalized spacial score (nSPS) is 12.6. The minimum atomic E-state index is 0.0790. The first-order valence-electron chi connectivity index (χ1n) is 26.7. The standard InChI is InChI=1S/C63H87NO/c1-11-18-21-24-25-28-31-50-38-49(30-27-23-20-13-3)40-52(41-50)54-42-53(51-37-47(8)36-48(39-51)29-26-22-19-12-2)43-57(44-54)64-58-34-32-55(62(9,14-4)15-5)45-60(58)65-61-46-56(33-35-59(61)64)63(10,16-6)17-7/h32-46H,11-31H2,1-10H3. The molecular weight excluding hydrogens is 787 g/mol. The van der Waals surface area contributed by atoms with Crippen LogP contribution in [0.1, 0.15) is 211 Å². The van der Waals surface area contributed by atoms with E-state index in [4.69, 9.17) is 4.74 Å². The van der Waals surface area contributed by atoms with Gasteiger partial charge in [0.2, 0.25) is 0 Å². The molecule has 0 unspecified atom stereocenters. The van der Waals surface area contributed by atoms with E-state index in [1.54, 1.807) is 0 Å². The molecule has 0 saturated carbocycles. The molecule has 350 valence electrons. The Balaban J connectivity index is 1.56. The van der Waals surface area contributed by atoms with Gasteiger partial charge in [0.05, 0.1) is 11.4 Å². The summed E-state index contributed by atoms with van der Waals surface area (Å²) in [4.78, 5) is 2.52. The van der Waals surface area contributed by atoms with Crippen LogP contribution in [0.2, 0.25) is 0 Å². The van der Waals surface area contributed by atoms with Gasteiger partial charge in [-0.2, -0.15) is 0 Å². The number of anilines is 3. The third-order valence-corrected chi connectivity index (χ3v) is 15.6. The molecule has 0 atom stereocenters. The molecule has 0 radical (unpaired) electrons. The Morgan fingerprint density at radius 3 is 1.23 bits per heavy atom. The van der Waals surface area contributed by atoms with E-state index in [0.717, 1.165) is 67.8 Å². The number of unbranched alkanes of at least 4 members (excludes halogenated alkanes) is 11. The van der Waals surface area contributed by atoms with Crippen LogP contribution in [-0.2, 0) is 30.1 Å². The highest BCUT2D eigenvalue weighted by atomic mass is 16.5. The van der Waals surface area contributed by atoms with Crippen LogP contribution in [0, 0.1) is 6.92 Å². The Kier molecular flexibility index (Phi) is 18.5. The average molecular weight is 874 g/mol. The van der Waals surface area contributed by atoms with E-state index in [-0.39, 0.29) is 10.8 Å². The highest BCUT2D eigenvalue weighted by Gasteiger charge is 2.32. The summed E-state index contributed by atoms with van der Waals surface area (Å²) in [7, 11) is 0. The van der Waals surface area contributed by atoms with Crippen molar-refractivity contribution >= 4 is 17.1 Å². The second-order valence-electron chi connectivity index (χ2n) is 20.5. The number of benzene rings is 5. The Labute approximate surface area is 398 Å². The lowest BCUT2D eigenvalue weighted by molar-refractivity contribution is 0.425. The Hall–Kier alpha value is -4.30. The number of rotatable bonds is 26. The van der Waals surface area contributed by atoms with Gasteiger partial charge in [0.1, 0.15) is 0 Å². The number of ether oxygens (including phenoxy) is 1. The molecule has 0 amide bonds. The van der Waals surface area contributed by atoms with Crippen LogP contribution >= 0.6 is 0 Å². The van der Waals surface area contributed by atoms with Crippen LogP contribution in [0.3, 0.4) is 0 Å². The molecule has 65 heavy (non-hydrogen) atoms. The van der Waals surface area contributed by atoms with Crippen LogP contribution in [0.5, 0.6) is 11.5 Å². The first-order chi connectivity index (χ1) is 31.5. The van der Waals surface area contributed by atoms with E-state index in [1.807, 2.05) is 0 Å². The summed E-state index contributed by atoms with van der Waals surface area (Å²) in [5, 5.41) is 0. The number of aryl methyl sites for hydroxylation is 4. The van der Waals surface area contributed by atoms with E-state index in [0.29, 0.717) is 0 Å². The van der Waals surface area contributed by atoms with Crippen molar-refractivity contribution in [2.45, 2.75) is 215 Å². The highest BCUT2D eigenvalue weighted by Crippen LogP contribution is 2.54. The van der Waals surface area contributed by atoms with Crippen molar-refractivity contribution < 1.29 is 4.74 Å². The summed E-state index contributed by atoms with van der Waals surface area (Å²) >= 11 is 0. The van der Waals surface area contributed by atoms with Gasteiger partial charge in [-0.25, -0.2) is 0 Å². The fourth-order valence-corrected chi connectivity index (χ4v) is 10.2. The van der Waals surface area contributed by atoms with Crippen LogP contribution in [-0.4, -0.2) is 0 Å². The molecule has 2 nitrogen and oxygen atoms in total.